The fraction of sp³-hybridized carbons (Fsp3) is 0.444. The number of amides is 1. The van der Waals surface area contributed by atoms with Gasteiger partial charge in [-0.25, -0.2) is 4.79 Å². The Morgan fingerprint density at radius 1 is 1.06 bits per heavy atom. The smallest absolute Gasteiger partial charge is 0.344 e. The highest BCUT2D eigenvalue weighted by molar-refractivity contribution is 7.79. The molecule has 1 aliphatic heterocycles. The monoisotopic (exact) mass is 463 g/mol. The first kappa shape index (κ1) is 23.5. The molecule has 1 N–H and O–H groups in total. The molecule has 1 heterocycles. The first-order chi connectivity index (χ1) is 15.9. The molecule has 2 fully saturated rings. The summed E-state index contributed by atoms with van der Waals surface area (Å²) in [5, 5.41) is 12.0. The highest BCUT2D eigenvalue weighted by atomic mass is 31.2. The van der Waals surface area contributed by atoms with E-state index in [-0.39, 0.29) is 18.5 Å². The number of benzene rings is 2. The second-order valence-corrected chi connectivity index (χ2v) is 13.9. The van der Waals surface area contributed by atoms with E-state index in [1.807, 2.05) is 56.3 Å². The Bertz CT molecular complexity index is 1060. The number of ether oxygens (including phenoxy) is 1. The lowest BCUT2D eigenvalue weighted by molar-refractivity contribution is -0.141. The van der Waals surface area contributed by atoms with Crippen LogP contribution in [0.25, 0.3) is 0 Å². The second kappa shape index (κ2) is 9.65. The number of nitrogens with zero attached hydrogens (tertiary/aromatic N) is 1. The average Bonchev–Trinajstić information content (AvgIpc) is 3.23. The van der Waals surface area contributed by atoms with Gasteiger partial charge in [-0.3, -0.25) is 4.79 Å². The number of anilines is 1. The first-order valence-electron chi connectivity index (χ1n) is 11.8. The van der Waals surface area contributed by atoms with E-state index in [1.165, 1.54) is 0 Å². The minimum Gasteiger partial charge on any atom is -0.458 e. The Labute approximate surface area is 196 Å². The van der Waals surface area contributed by atoms with Crippen molar-refractivity contribution in [1.29, 1.82) is 5.26 Å². The zero-order valence-corrected chi connectivity index (χ0v) is 20.4. The maximum absolute atomic E-state index is 13.8. The van der Waals surface area contributed by atoms with Gasteiger partial charge >= 0.3 is 5.97 Å². The molecule has 0 spiro atoms. The lowest BCUT2D eigenvalue weighted by atomic mass is 9.83. The Balaban J connectivity index is 1.53. The number of nitriles is 1. The molecule has 0 radical (unpaired) electrons. The zero-order chi connectivity index (χ0) is 23.5. The van der Waals surface area contributed by atoms with Crippen LogP contribution in [0.3, 0.4) is 0 Å². The molecule has 2 aromatic carbocycles. The molecule has 0 atom stereocenters. The van der Waals surface area contributed by atoms with E-state index in [2.05, 4.69) is 11.4 Å². The highest BCUT2D eigenvalue weighted by Crippen LogP contribution is 2.78. The van der Waals surface area contributed by atoms with Crippen LogP contribution >= 0.6 is 7.26 Å². The average molecular weight is 464 g/mol. The fourth-order valence-corrected chi connectivity index (χ4v) is 11.3. The summed E-state index contributed by atoms with van der Waals surface area (Å²) in [4.78, 5) is 26.8. The molecule has 2 aliphatic rings. The highest BCUT2D eigenvalue weighted by Gasteiger charge is 2.67. The molecule has 4 rings (SSSR count). The van der Waals surface area contributed by atoms with E-state index in [9.17, 15) is 14.9 Å². The molecule has 0 bridgehead atoms. The van der Waals surface area contributed by atoms with Crippen LogP contribution in [0.5, 0.6) is 0 Å². The minimum atomic E-state index is -1.84. The van der Waals surface area contributed by atoms with Crippen LogP contribution < -0.4 is 5.32 Å². The van der Waals surface area contributed by atoms with Gasteiger partial charge in [0, 0.05) is 12.9 Å². The van der Waals surface area contributed by atoms with Gasteiger partial charge in [-0.1, -0.05) is 30.3 Å². The molecule has 1 amide bonds. The summed E-state index contributed by atoms with van der Waals surface area (Å²) in [6.45, 7) is 4.14. The SMILES string of the molecule is Cc1cc(C#N)cc(C)c1NC(=O)C1([P+]2(CC(=O)OCc3ccccc3)CCCC2)CCC1. The van der Waals surface area contributed by atoms with Crippen LogP contribution in [0, 0.1) is 25.2 Å². The van der Waals surface area contributed by atoms with Gasteiger partial charge in [-0.15, -0.1) is 0 Å². The third-order valence-corrected chi connectivity index (χ3v) is 13.2. The summed E-state index contributed by atoms with van der Waals surface area (Å²) >= 11 is 0. The topological polar surface area (TPSA) is 79.2 Å². The summed E-state index contributed by atoms with van der Waals surface area (Å²) in [6.07, 6.45) is 7.30. The van der Waals surface area contributed by atoms with Crippen molar-refractivity contribution in [1.82, 2.24) is 0 Å². The van der Waals surface area contributed by atoms with Crippen molar-refractivity contribution < 1.29 is 14.3 Å². The number of carbonyl (C=O) groups is 2. The predicted molar refractivity (Wildman–Crippen MR) is 133 cm³/mol. The number of aryl methyl sites for hydroxylation is 2. The fourth-order valence-electron chi connectivity index (χ4n) is 5.59. The Morgan fingerprint density at radius 2 is 1.70 bits per heavy atom. The number of nitrogens with one attached hydrogen (secondary N) is 1. The number of hydrogen-bond donors (Lipinski definition) is 1. The van der Waals surface area contributed by atoms with Crippen LogP contribution in [0.2, 0.25) is 0 Å². The maximum atomic E-state index is 13.8. The van der Waals surface area contributed by atoms with E-state index in [1.54, 1.807) is 0 Å². The van der Waals surface area contributed by atoms with Crippen LogP contribution in [-0.2, 0) is 20.9 Å². The Morgan fingerprint density at radius 3 is 2.24 bits per heavy atom. The number of esters is 1. The number of carbonyl (C=O) groups excluding carboxylic acids is 2. The molecular weight excluding hydrogens is 431 g/mol. The third-order valence-electron chi connectivity index (χ3n) is 7.51. The van der Waals surface area contributed by atoms with E-state index in [0.29, 0.717) is 11.7 Å². The molecule has 1 saturated carbocycles. The lowest BCUT2D eigenvalue weighted by Gasteiger charge is -2.47. The number of hydrogen-bond acceptors (Lipinski definition) is 4. The van der Waals surface area contributed by atoms with Gasteiger partial charge in [0.2, 0.25) is 0 Å². The summed E-state index contributed by atoms with van der Waals surface area (Å²) in [6, 6.07) is 15.5. The molecule has 2 aromatic rings. The van der Waals surface area contributed by atoms with Gasteiger partial charge in [-0.05, 0) is 74.8 Å². The van der Waals surface area contributed by atoms with Crippen molar-refractivity contribution in [3.05, 3.63) is 64.7 Å². The predicted octanol–water partition coefficient (Wildman–Crippen LogP) is 5.59. The van der Waals surface area contributed by atoms with Gasteiger partial charge in [-0.2, -0.15) is 5.26 Å². The maximum Gasteiger partial charge on any atom is 0.344 e. The van der Waals surface area contributed by atoms with Gasteiger partial charge in [0.25, 0.3) is 5.91 Å². The minimum absolute atomic E-state index is 0.0655. The van der Waals surface area contributed by atoms with Crippen LogP contribution in [0.4, 0.5) is 5.69 Å². The van der Waals surface area contributed by atoms with Crippen molar-refractivity contribution in [3.63, 3.8) is 0 Å². The van der Waals surface area contributed by atoms with E-state index >= 15 is 0 Å². The Kier molecular flexibility index (Phi) is 6.86. The summed E-state index contributed by atoms with van der Waals surface area (Å²) in [7, 11) is -1.84. The van der Waals surface area contributed by atoms with Gasteiger partial charge in [0.05, 0.1) is 24.0 Å². The van der Waals surface area contributed by atoms with E-state index in [4.69, 9.17) is 4.74 Å². The summed E-state index contributed by atoms with van der Waals surface area (Å²) in [5.41, 5.74) is 4.18. The Hall–Kier alpha value is -2.70. The molecule has 0 aromatic heterocycles. The summed E-state index contributed by atoms with van der Waals surface area (Å²) < 4.78 is 5.67. The van der Waals surface area contributed by atoms with Crippen molar-refractivity contribution in [2.45, 2.75) is 57.7 Å². The molecule has 172 valence electrons. The lowest BCUT2D eigenvalue weighted by Crippen LogP contribution is -2.52. The quantitative estimate of drug-likeness (QED) is 0.429. The van der Waals surface area contributed by atoms with Crippen molar-refractivity contribution >= 4 is 24.8 Å². The van der Waals surface area contributed by atoms with Gasteiger partial charge in [0.1, 0.15) is 6.61 Å². The van der Waals surface area contributed by atoms with Gasteiger partial charge < -0.3 is 10.1 Å². The molecule has 6 heteroatoms. The summed E-state index contributed by atoms with van der Waals surface area (Å²) in [5.74, 6) is -0.102. The molecule has 1 aliphatic carbocycles. The van der Waals surface area contributed by atoms with Crippen LogP contribution in [-0.4, -0.2) is 35.5 Å². The zero-order valence-electron chi connectivity index (χ0n) is 19.5. The van der Waals surface area contributed by atoms with Crippen LogP contribution in [0.1, 0.15) is 54.4 Å². The largest absolute Gasteiger partial charge is 0.458 e. The molecule has 1 saturated heterocycles. The van der Waals surface area contributed by atoms with Crippen molar-refractivity contribution in [2.75, 3.05) is 23.8 Å². The molecular formula is C27H32N2O3P+. The van der Waals surface area contributed by atoms with E-state index in [0.717, 1.165) is 66.8 Å². The number of rotatable bonds is 7. The van der Waals surface area contributed by atoms with Crippen LogP contribution in [0.15, 0.2) is 42.5 Å². The third kappa shape index (κ3) is 4.55. The van der Waals surface area contributed by atoms with E-state index < -0.39 is 12.4 Å². The molecule has 33 heavy (non-hydrogen) atoms. The molecule has 0 unspecified atom stereocenters. The first-order valence-corrected chi connectivity index (χ1v) is 14.1. The molecule has 5 nitrogen and oxygen atoms in total. The van der Waals surface area contributed by atoms with Crippen molar-refractivity contribution in [2.24, 2.45) is 0 Å². The van der Waals surface area contributed by atoms with Crippen molar-refractivity contribution in [3.8, 4) is 6.07 Å². The van der Waals surface area contributed by atoms with Gasteiger partial charge in [0.15, 0.2) is 11.3 Å². The standard InChI is InChI=1S/C27H31N2O3P/c1-20-15-23(17-28)16-21(2)25(20)29-26(31)27(11-8-12-27)33(13-6-7-14-33)19-24(30)32-18-22-9-4-3-5-10-22/h3-5,9-10,15-16H,6-8,11-14,18-19H2,1-2H3/p+1. The second-order valence-electron chi connectivity index (χ2n) is 9.54. The normalized spacial score (nSPS) is 18.1.